The molecule has 6 heteroatoms. The highest BCUT2D eigenvalue weighted by molar-refractivity contribution is 5.57. The Balaban J connectivity index is 2.24. The first-order valence-corrected chi connectivity index (χ1v) is 6.01. The molecule has 0 aliphatic carbocycles. The molecule has 0 aliphatic rings. The molecule has 0 fully saturated rings. The van der Waals surface area contributed by atoms with Gasteiger partial charge < -0.3 is 0 Å². The van der Waals surface area contributed by atoms with E-state index in [1.165, 1.54) is 0 Å². The highest BCUT2D eigenvalue weighted by Gasteiger charge is 2.13. The van der Waals surface area contributed by atoms with Crippen molar-refractivity contribution < 1.29 is 0 Å². The SMILES string of the molecule is CCc1cc(-c2nnc3ccc(C#N)cn23)n(C)n1. The average molecular weight is 252 g/mol. The molecule has 0 N–H and O–H groups in total. The van der Waals surface area contributed by atoms with Gasteiger partial charge in [0.25, 0.3) is 0 Å². The number of nitrogens with zero attached hydrogens (tertiary/aromatic N) is 6. The third-order valence-corrected chi connectivity index (χ3v) is 3.05. The lowest BCUT2D eigenvalue weighted by molar-refractivity contribution is 0.747. The Morgan fingerprint density at radius 1 is 1.32 bits per heavy atom. The second-order valence-electron chi connectivity index (χ2n) is 4.28. The Hall–Kier alpha value is -2.68. The average Bonchev–Trinajstić information content (AvgIpc) is 3.00. The Labute approximate surface area is 109 Å². The van der Waals surface area contributed by atoms with Crippen molar-refractivity contribution in [3.63, 3.8) is 0 Å². The van der Waals surface area contributed by atoms with Crippen LogP contribution in [0.1, 0.15) is 18.2 Å². The summed E-state index contributed by atoms with van der Waals surface area (Å²) >= 11 is 0. The number of aromatic nitrogens is 5. The van der Waals surface area contributed by atoms with Gasteiger partial charge in [-0.2, -0.15) is 10.4 Å². The van der Waals surface area contributed by atoms with Gasteiger partial charge in [-0.05, 0) is 24.6 Å². The minimum atomic E-state index is 0.575. The molecule has 19 heavy (non-hydrogen) atoms. The lowest BCUT2D eigenvalue weighted by atomic mass is 10.3. The van der Waals surface area contributed by atoms with Crippen LogP contribution in [0, 0.1) is 11.3 Å². The summed E-state index contributed by atoms with van der Waals surface area (Å²) in [4.78, 5) is 0. The molecule has 3 aromatic rings. The number of rotatable bonds is 2. The smallest absolute Gasteiger partial charge is 0.186 e. The van der Waals surface area contributed by atoms with Crippen molar-refractivity contribution in [3.05, 3.63) is 35.7 Å². The van der Waals surface area contributed by atoms with E-state index in [1.807, 2.05) is 17.5 Å². The van der Waals surface area contributed by atoms with E-state index in [4.69, 9.17) is 5.26 Å². The molecule has 0 aromatic carbocycles. The Kier molecular flexibility index (Phi) is 2.53. The summed E-state index contributed by atoms with van der Waals surface area (Å²) in [5.41, 5.74) is 3.19. The molecule has 0 radical (unpaired) electrons. The standard InChI is InChI=1S/C13H12N6/c1-3-10-6-11(18(2)17-10)13-16-15-12-5-4-9(7-14)8-19(12)13/h4-6,8H,3H2,1-2H3. The van der Waals surface area contributed by atoms with E-state index >= 15 is 0 Å². The largest absolute Gasteiger partial charge is 0.280 e. The molecule has 0 aliphatic heterocycles. The predicted molar refractivity (Wildman–Crippen MR) is 69.3 cm³/mol. The molecule has 3 heterocycles. The normalized spacial score (nSPS) is 10.8. The topological polar surface area (TPSA) is 71.8 Å². The van der Waals surface area contributed by atoms with Crippen LogP contribution in [0.25, 0.3) is 17.2 Å². The maximum absolute atomic E-state index is 8.97. The van der Waals surface area contributed by atoms with Gasteiger partial charge >= 0.3 is 0 Å². The second kappa shape index (κ2) is 4.21. The van der Waals surface area contributed by atoms with Crippen LogP contribution >= 0.6 is 0 Å². The van der Waals surface area contributed by atoms with Gasteiger partial charge in [0.15, 0.2) is 11.5 Å². The molecular formula is C13H12N6. The molecule has 0 amide bonds. The Morgan fingerprint density at radius 3 is 2.84 bits per heavy atom. The van der Waals surface area contributed by atoms with Gasteiger partial charge in [0.2, 0.25) is 0 Å². The highest BCUT2D eigenvalue weighted by atomic mass is 15.3. The Bertz CT molecular complexity index is 789. The Morgan fingerprint density at radius 2 is 2.16 bits per heavy atom. The van der Waals surface area contributed by atoms with Crippen molar-refractivity contribution >= 4 is 5.65 Å². The number of nitriles is 1. The molecule has 0 atom stereocenters. The van der Waals surface area contributed by atoms with E-state index in [0.717, 1.165) is 17.8 Å². The fraction of sp³-hybridized carbons (Fsp3) is 0.231. The molecule has 0 spiro atoms. The monoisotopic (exact) mass is 252 g/mol. The van der Waals surface area contributed by atoms with Crippen LogP contribution in [0.3, 0.4) is 0 Å². The van der Waals surface area contributed by atoms with E-state index in [2.05, 4.69) is 28.3 Å². The van der Waals surface area contributed by atoms with E-state index in [0.29, 0.717) is 17.0 Å². The van der Waals surface area contributed by atoms with Crippen molar-refractivity contribution in [3.8, 4) is 17.6 Å². The second-order valence-corrected chi connectivity index (χ2v) is 4.28. The number of aryl methyl sites for hydroxylation is 2. The van der Waals surface area contributed by atoms with Gasteiger partial charge in [-0.1, -0.05) is 6.92 Å². The lowest BCUT2D eigenvalue weighted by Gasteiger charge is -2.00. The molecular weight excluding hydrogens is 240 g/mol. The minimum absolute atomic E-state index is 0.575. The zero-order valence-corrected chi connectivity index (χ0v) is 10.7. The van der Waals surface area contributed by atoms with Crippen molar-refractivity contribution in [2.75, 3.05) is 0 Å². The predicted octanol–water partition coefficient (Wildman–Crippen LogP) is 1.56. The van der Waals surface area contributed by atoms with E-state index in [9.17, 15) is 0 Å². The van der Waals surface area contributed by atoms with Crippen molar-refractivity contribution in [2.24, 2.45) is 7.05 Å². The number of fused-ring (bicyclic) bond motifs is 1. The van der Waals surface area contributed by atoms with Crippen LogP contribution < -0.4 is 0 Å². The summed E-state index contributed by atoms with van der Waals surface area (Å²) < 4.78 is 3.60. The molecule has 94 valence electrons. The van der Waals surface area contributed by atoms with Gasteiger partial charge in [0, 0.05) is 13.2 Å². The van der Waals surface area contributed by atoms with Gasteiger partial charge in [0.1, 0.15) is 11.8 Å². The van der Waals surface area contributed by atoms with Crippen molar-refractivity contribution in [1.29, 1.82) is 5.26 Å². The van der Waals surface area contributed by atoms with Crippen LogP contribution in [0.15, 0.2) is 24.4 Å². The van der Waals surface area contributed by atoms with Gasteiger partial charge in [-0.25, -0.2) is 0 Å². The molecule has 0 bridgehead atoms. The van der Waals surface area contributed by atoms with Crippen LogP contribution in [-0.4, -0.2) is 24.4 Å². The van der Waals surface area contributed by atoms with Gasteiger partial charge in [0.05, 0.1) is 11.3 Å². The third kappa shape index (κ3) is 1.76. The van der Waals surface area contributed by atoms with E-state index in [1.54, 1.807) is 23.0 Å². The summed E-state index contributed by atoms with van der Waals surface area (Å²) in [6.45, 7) is 2.06. The summed E-state index contributed by atoms with van der Waals surface area (Å²) in [5.74, 6) is 0.696. The summed E-state index contributed by atoms with van der Waals surface area (Å²) in [5, 5.41) is 21.7. The van der Waals surface area contributed by atoms with Crippen LogP contribution in [0.2, 0.25) is 0 Å². The molecule has 0 unspecified atom stereocenters. The number of pyridine rings is 1. The number of hydrogen-bond acceptors (Lipinski definition) is 4. The van der Waals surface area contributed by atoms with Crippen molar-refractivity contribution in [1.82, 2.24) is 24.4 Å². The zero-order chi connectivity index (χ0) is 13.4. The minimum Gasteiger partial charge on any atom is -0.280 e. The first-order chi connectivity index (χ1) is 9.22. The first kappa shape index (κ1) is 11.4. The zero-order valence-electron chi connectivity index (χ0n) is 10.7. The summed E-state index contributed by atoms with van der Waals surface area (Å²) in [6.07, 6.45) is 2.61. The molecule has 3 aromatic heterocycles. The van der Waals surface area contributed by atoms with Gasteiger partial charge in [-0.15, -0.1) is 10.2 Å². The first-order valence-electron chi connectivity index (χ1n) is 6.01. The van der Waals surface area contributed by atoms with Crippen LogP contribution in [-0.2, 0) is 13.5 Å². The summed E-state index contributed by atoms with van der Waals surface area (Å²) in [6, 6.07) is 7.63. The molecule has 0 saturated carbocycles. The maximum atomic E-state index is 8.97. The van der Waals surface area contributed by atoms with Crippen molar-refractivity contribution in [2.45, 2.75) is 13.3 Å². The lowest BCUT2D eigenvalue weighted by Crippen LogP contribution is -1.98. The van der Waals surface area contributed by atoms with Gasteiger partial charge in [-0.3, -0.25) is 9.08 Å². The highest BCUT2D eigenvalue weighted by Crippen LogP contribution is 2.19. The molecule has 0 saturated heterocycles. The quantitative estimate of drug-likeness (QED) is 0.694. The third-order valence-electron chi connectivity index (χ3n) is 3.05. The van der Waals surface area contributed by atoms with Crippen LogP contribution in [0.5, 0.6) is 0 Å². The number of hydrogen-bond donors (Lipinski definition) is 0. The molecule has 3 rings (SSSR count). The van der Waals surface area contributed by atoms with Crippen LogP contribution in [0.4, 0.5) is 0 Å². The molecule has 6 nitrogen and oxygen atoms in total. The fourth-order valence-electron chi connectivity index (χ4n) is 2.04. The van der Waals surface area contributed by atoms with E-state index in [-0.39, 0.29) is 0 Å². The van der Waals surface area contributed by atoms with E-state index < -0.39 is 0 Å². The summed E-state index contributed by atoms with van der Waals surface area (Å²) in [7, 11) is 1.88. The fourth-order valence-corrected chi connectivity index (χ4v) is 2.04. The maximum Gasteiger partial charge on any atom is 0.186 e.